The number of aromatic nitrogens is 3. The number of methoxy groups -OCH3 is 1. The molecule has 0 radical (unpaired) electrons. The second-order valence-corrected chi connectivity index (χ2v) is 8.34. The number of hydrogen-bond donors (Lipinski definition) is 0. The Morgan fingerprint density at radius 2 is 1.87 bits per heavy atom. The Labute approximate surface area is 183 Å². The van der Waals surface area contributed by atoms with E-state index in [9.17, 15) is 18.0 Å². The van der Waals surface area contributed by atoms with Crippen molar-refractivity contribution in [3.63, 3.8) is 0 Å². The van der Waals surface area contributed by atoms with Gasteiger partial charge in [-0.1, -0.05) is 18.2 Å². The van der Waals surface area contributed by atoms with Crippen LogP contribution in [0.3, 0.4) is 0 Å². The summed E-state index contributed by atoms with van der Waals surface area (Å²) in [5.41, 5.74) is 2.94. The van der Waals surface area contributed by atoms with Crippen LogP contribution in [0.25, 0.3) is 5.65 Å². The van der Waals surface area contributed by atoms with E-state index in [4.69, 9.17) is 16.3 Å². The molecule has 5 nitrogen and oxygen atoms in total. The third-order valence-electron chi connectivity index (χ3n) is 5.72. The van der Waals surface area contributed by atoms with Crippen LogP contribution in [0.1, 0.15) is 53.4 Å². The van der Waals surface area contributed by atoms with Crippen LogP contribution in [0, 0.1) is 19.3 Å². The number of aryl methyl sites for hydroxylation is 2. The van der Waals surface area contributed by atoms with Crippen molar-refractivity contribution in [1.29, 1.82) is 0 Å². The van der Waals surface area contributed by atoms with Crippen molar-refractivity contribution in [2.24, 2.45) is 5.41 Å². The van der Waals surface area contributed by atoms with Gasteiger partial charge >= 0.3 is 12.1 Å². The minimum atomic E-state index is -4.63. The summed E-state index contributed by atoms with van der Waals surface area (Å²) < 4.78 is 45.8. The van der Waals surface area contributed by atoms with Gasteiger partial charge in [0.15, 0.2) is 5.65 Å². The summed E-state index contributed by atoms with van der Waals surface area (Å²) in [6.45, 7) is 7.11. The lowest BCUT2D eigenvalue weighted by Crippen LogP contribution is -2.34. The van der Waals surface area contributed by atoms with E-state index in [1.165, 1.54) is 13.3 Å². The minimum absolute atomic E-state index is 0.0835. The number of esters is 1. The highest BCUT2D eigenvalue weighted by Crippen LogP contribution is 2.44. The summed E-state index contributed by atoms with van der Waals surface area (Å²) in [6.07, 6.45) is -3.35. The second-order valence-electron chi connectivity index (χ2n) is 8.08. The first-order chi connectivity index (χ1) is 14.4. The van der Waals surface area contributed by atoms with Crippen LogP contribution in [0.2, 0.25) is 0 Å². The topological polar surface area (TPSA) is 56.5 Å². The summed E-state index contributed by atoms with van der Waals surface area (Å²) in [5, 5.41) is 7.10. The molecule has 166 valence electrons. The molecule has 0 bridgehead atoms. The molecule has 9 heteroatoms. The maximum absolute atomic E-state index is 13.3. The van der Waals surface area contributed by atoms with Crippen LogP contribution in [-0.2, 0) is 21.6 Å². The Balaban J connectivity index is 2.29. The average molecular weight is 454 g/mol. The van der Waals surface area contributed by atoms with E-state index >= 15 is 0 Å². The molecule has 1 aromatic carbocycles. The molecule has 31 heavy (non-hydrogen) atoms. The Kier molecular flexibility index (Phi) is 6.06. The third-order valence-corrected chi connectivity index (χ3v) is 6.00. The molecule has 0 saturated heterocycles. The monoisotopic (exact) mass is 453 g/mol. The fraction of sp³-hybridized carbons (Fsp3) is 0.409. The molecule has 0 N–H and O–H groups in total. The number of rotatable bonds is 5. The zero-order valence-electron chi connectivity index (χ0n) is 17.8. The highest BCUT2D eigenvalue weighted by Gasteiger charge is 2.42. The Bertz CT molecular complexity index is 1140. The van der Waals surface area contributed by atoms with Crippen LogP contribution < -0.4 is 0 Å². The van der Waals surface area contributed by atoms with Gasteiger partial charge in [-0.25, -0.2) is 0 Å². The number of benzene rings is 1. The van der Waals surface area contributed by atoms with Crippen molar-refractivity contribution >= 4 is 23.2 Å². The Hall–Kier alpha value is -2.61. The Morgan fingerprint density at radius 1 is 1.19 bits per heavy atom. The lowest BCUT2D eigenvalue weighted by Gasteiger charge is -2.34. The number of carbonyl (C=O) groups is 1. The molecule has 0 saturated carbocycles. The van der Waals surface area contributed by atoms with Crippen LogP contribution in [0.15, 0.2) is 30.5 Å². The van der Waals surface area contributed by atoms with Gasteiger partial charge in [-0.3, -0.25) is 9.20 Å². The smallest absolute Gasteiger partial charge is 0.452 e. The van der Waals surface area contributed by atoms with E-state index in [0.717, 1.165) is 21.1 Å². The van der Waals surface area contributed by atoms with Gasteiger partial charge in [0.2, 0.25) is 5.82 Å². The molecule has 0 unspecified atom stereocenters. The van der Waals surface area contributed by atoms with Gasteiger partial charge in [0, 0.05) is 18.0 Å². The van der Waals surface area contributed by atoms with Crippen molar-refractivity contribution in [3.05, 3.63) is 64.1 Å². The molecular weight excluding hydrogens is 431 g/mol. The van der Waals surface area contributed by atoms with Crippen molar-refractivity contribution < 1.29 is 22.7 Å². The molecule has 1 atom stereocenters. The quantitative estimate of drug-likeness (QED) is 0.381. The predicted molar refractivity (Wildman–Crippen MR) is 111 cm³/mol. The fourth-order valence-corrected chi connectivity index (χ4v) is 4.27. The standard InChI is InChI=1S/C22H23ClF3N3O2/c1-12-6-7-14(10-15(12)11-23)17(21(3,4)20(30)31-5)16-8-9-29-18(13(16)2)27-28-19(29)22(24,25)26/h6-10,17H,11H2,1-5H3/t17-/m0/s1. The zero-order chi connectivity index (χ0) is 23.1. The summed E-state index contributed by atoms with van der Waals surface area (Å²) >= 11 is 6.09. The molecule has 0 aliphatic carbocycles. The van der Waals surface area contributed by atoms with Crippen LogP contribution in [-0.4, -0.2) is 27.7 Å². The summed E-state index contributed by atoms with van der Waals surface area (Å²) in [6, 6.07) is 7.32. The van der Waals surface area contributed by atoms with E-state index in [2.05, 4.69) is 10.2 Å². The predicted octanol–water partition coefficient (Wildman–Crippen LogP) is 5.43. The van der Waals surface area contributed by atoms with Gasteiger partial charge in [-0.05, 0) is 61.6 Å². The van der Waals surface area contributed by atoms with Gasteiger partial charge in [-0.15, -0.1) is 21.8 Å². The number of halogens is 4. The lowest BCUT2D eigenvalue weighted by atomic mass is 9.70. The van der Waals surface area contributed by atoms with Crippen molar-refractivity contribution in [2.45, 2.75) is 45.7 Å². The number of pyridine rings is 1. The second kappa shape index (κ2) is 8.15. The molecule has 3 rings (SSSR count). The summed E-state index contributed by atoms with van der Waals surface area (Å²) in [4.78, 5) is 12.7. The number of fused-ring (bicyclic) bond motifs is 1. The van der Waals surface area contributed by atoms with Crippen LogP contribution in [0.5, 0.6) is 0 Å². The highest BCUT2D eigenvalue weighted by molar-refractivity contribution is 6.17. The van der Waals surface area contributed by atoms with Gasteiger partial charge in [0.1, 0.15) is 0 Å². The SMILES string of the molecule is COC(=O)C(C)(C)[C@@H](c1ccc(C)c(CCl)c1)c1ccn2c(C(F)(F)F)nnc2c1C. The van der Waals surface area contributed by atoms with Crippen molar-refractivity contribution in [3.8, 4) is 0 Å². The first-order valence-electron chi connectivity index (χ1n) is 9.58. The van der Waals surface area contributed by atoms with Crippen LogP contribution in [0.4, 0.5) is 13.2 Å². The fourth-order valence-electron chi connectivity index (χ4n) is 3.98. The molecule has 3 aromatic rings. The number of hydrogen-bond acceptors (Lipinski definition) is 4. The lowest BCUT2D eigenvalue weighted by molar-refractivity contribution is -0.151. The third kappa shape index (κ3) is 4.01. The minimum Gasteiger partial charge on any atom is -0.469 e. The number of nitrogens with zero attached hydrogens (tertiary/aromatic N) is 3. The maximum atomic E-state index is 13.3. The normalized spacial score (nSPS) is 13.5. The average Bonchev–Trinajstić information content (AvgIpc) is 3.15. The number of alkyl halides is 4. The molecule has 0 fully saturated rings. The van der Waals surface area contributed by atoms with Crippen LogP contribution >= 0.6 is 11.6 Å². The molecule has 2 heterocycles. The van der Waals surface area contributed by atoms with Crippen molar-refractivity contribution in [1.82, 2.24) is 14.6 Å². The van der Waals surface area contributed by atoms with Gasteiger partial charge in [0.05, 0.1) is 12.5 Å². The van der Waals surface area contributed by atoms with Gasteiger partial charge < -0.3 is 4.74 Å². The molecule has 0 aliphatic heterocycles. The van der Waals surface area contributed by atoms with E-state index in [0.29, 0.717) is 17.0 Å². The molecule has 2 aromatic heterocycles. The van der Waals surface area contributed by atoms with Gasteiger partial charge in [0.25, 0.3) is 0 Å². The largest absolute Gasteiger partial charge is 0.469 e. The highest BCUT2D eigenvalue weighted by atomic mass is 35.5. The molecule has 0 amide bonds. The van der Waals surface area contributed by atoms with E-state index in [1.807, 2.05) is 25.1 Å². The summed E-state index contributed by atoms with van der Waals surface area (Å²) in [5.74, 6) is -1.76. The van der Waals surface area contributed by atoms with E-state index in [-0.39, 0.29) is 5.65 Å². The van der Waals surface area contributed by atoms with E-state index < -0.39 is 29.3 Å². The van der Waals surface area contributed by atoms with Crippen molar-refractivity contribution in [2.75, 3.05) is 7.11 Å². The first kappa shape index (κ1) is 23.1. The summed E-state index contributed by atoms with van der Waals surface area (Å²) in [7, 11) is 1.31. The molecule has 0 aliphatic rings. The zero-order valence-corrected chi connectivity index (χ0v) is 18.6. The van der Waals surface area contributed by atoms with Gasteiger partial charge in [-0.2, -0.15) is 13.2 Å². The number of ether oxygens (including phenoxy) is 1. The van der Waals surface area contributed by atoms with E-state index in [1.54, 1.807) is 26.8 Å². The first-order valence-corrected chi connectivity index (χ1v) is 10.1. The Morgan fingerprint density at radius 3 is 2.45 bits per heavy atom. The number of carbonyl (C=O) groups excluding carboxylic acids is 1. The maximum Gasteiger partial charge on any atom is 0.452 e. The molecule has 0 spiro atoms. The molecular formula is C22H23ClF3N3O2.